The fraction of sp³-hybridized carbons (Fsp3) is 0.619. The number of carbonyl (C=O) groups is 1. The van der Waals surface area contributed by atoms with Gasteiger partial charge in [-0.15, -0.1) is 0 Å². The van der Waals surface area contributed by atoms with Crippen LogP contribution in [0.4, 0.5) is 0 Å². The van der Waals surface area contributed by atoms with Crippen molar-refractivity contribution in [2.45, 2.75) is 65.5 Å². The summed E-state index contributed by atoms with van der Waals surface area (Å²) in [7, 11) is 0. The molecule has 3 N–H and O–H groups in total. The molecule has 1 aliphatic rings. The van der Waals surface area contributed by atoms with Gasteiger partial charge in [0.25, 0.3) is 5.91 Å². The Labute approximate surface area is 177 Å². The number of fused-ring (bicyclic) bond motifs is 1. The second kappa shape index (κ2) is 10.3. The molecule has 30 heavy (non-hydrogen) atoms. The fourth-order valence-electron chi connectivity index (χ4n) is 3.36. The van der Waals surface area contributed by atoms with E-state index in [1.165, 1.54) is 6.26 Å². The second-order valence-electron chi connectivity index (χ2n) is 7.91. The maximum absolute atomic E-state index is 12.1. The van der Waals surface area contributed by atoms with Gasteiger partial charge in [0, 0.05) is 43.6 Å². The molecule has 2 aromatic rings. The SMILES string of the molecule is CCNC(=NCCCNC(=O)c1occc1C)NC1CCc2nc(C(C)C)nn2C1. The third-order valence-electron chi connectivity index (χ3n) is 5.03. The minimum Gasteiger partial charge on any atom is -0.459 e. The van der Waals surface area contributed by atoms with Gasteiger partial charge < -0.3 is 20.4 Å². The Kier molecular flexibility index (Phi) is 7.48. The van der Waals surface area contributed by atoms with Gasteiger partial charge >= 0.3 is 0 Å². The molecule has 0 fully saturated rings. The van der Waals surface area contributed by atoms with Crippen molar-refractivity contribution in [2.24, 2.45) is 4.99 Å². The highest BCUT2D eigenvalue weighted by Crippen LogP contribution is 2.17. The number of hydrogen-bond donors (Lipinski definition) is 3. The molecule has 3 rings (SSSR count). The molecule has 1 aliphatic heterocycles. The molecule has 1 atom stereocenters. The van der Waals surface area contributed by atoms with Crippen LogP contribution in [0.1, 0.15) is 67.3 Å². The maximum atomic E-state index is 12.1. The molecule has 0 saturated heterocycles. The summed E-state index contributed by atoms with van der Waals surface area (Å²) >= 11 is 0. The molecule has 9 nitrogen and oxygen atoms in total. The summed E-state index contributed by atoms with van der Waals surface area (Å²) in [6, 6.07) is 2.05. The number of amides is 1. The zero-order valence-electron chi connectivity index (χ0n) is 18.4. The monoisotopic (exact) mass is 415 g/mol. The summed E-state index contributed by atoms with van der Waals surface area (Å²) in [6.07, 6.45) is 4.19. The third-order valence-corrected chi connectivity index (χ3v) is 5.03. The Morgan fingerprint density at radius 1 is 1.40 bits per heavy atom. The maximum Gasteiger partial charge on any atom is 0.287 e. The minimum atomic E-state index is -0.182. The van der Waals surface area contributed by atoms with Gasteiger partial charge in [0.05, 0.1) is 12.8 Å². The highest BCUT2D eigenvalue weighted by atomic mass is 16.3. The summed E-state index contributed by atoms with van der Waals surface area (Å²) in [5.41, 5.74) is 0.840. The van der Waals surface area contributed by atoms with E-state index in [4.69, 9.17) is 4.42 Å². The molecule has 9 heteroatoms. The quantitative estimate of drug-likeness (QED) is 0.346. The molecule has 2 aromatic heterocycles. The Morgan fingerprint density at radius 3 is 2.93 bits per heavy atom. The molecule has 0 aliphatic carbocycles. The van der Waals surface area contributed by atoms with E-state index in [1.54, 1.807) is 6.07 Å². The molecule has 0 spiro atoms. The van der Waals surface area contributed by atoms with Gasteiger partial charge in [-0.05, 0) is 32.8 Å². The van der Waals surface area contributed by atoms with Gasteiger partial charge in [-0.3, -0.25) is 9.79 Å². The van der Waals surface area contributed by atoms with Crippen molar-refractivity contribution in [3.8, 4) is 0 Å². The highest BCUT2D eigenvalue weighted by Gasteiger charge is 2.23. The van der Waals surface area contributed by atoms with Crippen LogP contribution in [0, 0.1) is 6.92 Å². The number of hydrogen-bond acceptors (Lipinski definition) is 5. The smallest absolute Gasteiger partial charge is 0.287 e. The summed E-state index contributed by atoms with van der Waals surface area (Å²) in [5.74, 6) is 3.31. The average Bonchev–Trinajstić information content (AvgIpc) is 3.33. The molecule has 0 bridgehead atoms. The molecular formula is C21H33N7O2. The molecule has 0 saturated carbocycles. The minimum absolute atomic E-state index is 0.182. The van der Waals surface area contributed by atoms with Crippen molar-refractivity contribution in [3.05, 3.63) is 35.3 Å². The van der Waals surface area contributed by atoms with Crippen molar-refractivity contribution in [2.75, 3.05) is 19.6 Å². The van der Waals surface area contributed by atoms with Crippen LogP contribution in [0.25, 0.3) is 0 Å². The summed E-state index contributed by atoms with van der Waals surface area (Å²) in [4.78, 5) is 21.3. The molecule has 1 amide bonds. The van der Waals surface area contributed by atoms with E-state index < -0.39 is 0 Å². The lowest BCUT2D eigenvalue weighted by Gasteiger charge is -2.25. The molecule has 3 heterocycles. The van der Waals surface area contributed by atoms with Gasteiger partial charge in [0.2, 0.25) is 0 Å². The van der Waals surface area contributed by atoms with Gasteiger partial charge in [0.15, 0.2) is 17.5 Å². The Hall–Kier alpha value is -2.84. The zero-order valence-corrected chi connectivity index (χ0v) is 18.4. The number of furan rings is 1. The van der Waals surface area contributed by atoms with E-state index in [0.29, 0.717) is 24.8 Å². The van der Waals surface area contributed by atoms with Crippen molar-refractivity contribution in [3.63, 3.8) is 0 Å². The van der Waals surface area contributed by atoms with E-state index in [1.807, 2.05) is 11.6 Å². The predicted molar refractivity (Wildman–Crippen MR) is 116 cm³/mol. The van der Waals surface area contributed by atoms with Crippen LogP contribution in [0.5, 0.6) is 0 Å². The standard InChI is InChI=1S/C21H33N7O2/c1-5-22-21(24-11-6-10-23-20(29)18-15(4)9-12-30-18)25-16-7-8-17-26-19(14(2)3)27-28(17)13-16/h9,12,14,16H,5-8,10-11,13H2,1-4H3,(H,23,29)(H2,22,24,25). The topological polar surface area (TPSA) is 109 Å². The summed E-state index contributed by atoms with van der Waals surface area (Å²) in [5, 5.41) is 14.3. The number of nitrogens with zero attached hydrogens (tertiary/aromatic N) is 4. The lowest BCUT2D eigenvalue weighted by atomic mass is 10.1. The number of rotatable bonds is 8. The van der Waals surface area contributed by atoms with E-state index in [2.05, 4.69) is 51.8 Å². The number of aryl methyl sites for hydroxylation is 2. The van der Waals surface area contributed by atoms with Gasteiger partial charge in [-0.2, -0.15) is 5.10 Å². The van der Waals surface area contributed by atoms with Crippen LogP contribution < -0.4 is 16.0 Å². The largest absolute Gasteiger partial charge is 0.459 e. The van der Waals surface area contributed by atoms with Crippen LogP contribution in [0.3, 0.4) is 0 Å². The number of carbonyl (C=O) groups excluding carboxylic acids is 1. The second-order valence-corrected chi connectivity index (χ2v) is 7.91. The Balaban J connectivity index is 1.46. The molecule has 0 aromatic carbocycles. The van der Waals surface area contributed by atoms with E-state index >= 15 is 0 Å². The van der Waals surface area contributed by atoms with Crippen molar-refractivity contribution in [1.29, 1.82) is 0 Å². The number of aromatic nitrogens is 3. The fourth-order valence-corrected chi connectivity index (χ4v) is 3.36. The van der Waals surface area contributed by atoms with Crippen LogP contribution in [0.15, 0.2) is 21.7 Å². The van der Waals surface area contributed by atoms with Crippen molar-refractivity contribution in [1.82, 2.24) is 30.7 Å². The number of nitrogens with one attached hydrogen (secondary N) is 3. The number of aliphatic imine (C=N–C) groups is 1. The number of guanidine groups is 1. The van der Waals surface area contributed by atoms with Crippen LogP contribution in [-0.2, 0) is 13.0 Å². The highest BCUT2D eigenvalue weighted by molar-refractivity contribution is 5.92. The average molecular weight is 416 g/mol. The molecule has 164 valence electrons. The first-order valence-corrected chi connectivity index (χ1v) is 10.8. The van der Waals surface area contributed by atoms with Gasteiger partial charge in [-0.25, -0.2) is 9.67 Å². The Bertz CT molecular complexity index is 869. The summed E-state index contributed by atoms with van der Waals surface area (Å²) < 4.78 is 7.23. The zero-order chi connectivity index (χ0) is 21.5. The van der Waals surface area contributed by atoms with Crippen LogP contribution >= 0.6 is 0 Å². The lowest BCUT2D eigenvalue weighted by molar-refractivity contribution is 0.0925. The molecular weight excluding hydrogens is 382 g/mol. The van der Waals surface area contributed by atoms with Crippen molar-refractivity contribution < 1.29 is 9.21 Å². The normalized spacial score (nSPS) is 16.4. The first-order chi connectivity index (χ1) is 14.5. The molecule has 1 unspecified atom stereocenters. The van der Waals surface area contributed by atoms with E-state index in [0.717, 1.165) is 55.5 Å². The lowest BCUT2D eigenvalue weighted by Crippen LogP contribution is -2.47. The van der Waals surface area contributed by atoms with Crippen molar-refractivity contribution >= 4 is 11.9 Å². The molecule has 0 radical (unpaired) electrons. The van der Waals surface area contributed by atoms with Crippen LogP contribution in [0.2, 0.25) is 0 Å². The van der Waals surface area contributed by atoms with Gasteiger partial charge in [0.1, 0.15) is 5.82 Å². The first-order valence-electron chi connectivity index (χ1n) is 10.8. The summed E-state index contributed by atoms with van der Waals surface area (Å²) in [6.45, 7) is 10.9. The Morgan fingerprint density at radius 2 is 2.23 bits per heavy atom. The van der Waals surface area contributed by atoms with E-state index in [-0.39, 0.29) is 11.9 Å². The van der Waals surface area contributed by atoms with E-state index in [9.17, 15) is 4.79 Å². The van der Waals surface area contributed by atoms with Gasteiger partial charge in [-0.1, -0.05) is 13.8 Å². The predicted octanol–water partition coefficient (Wildman–Crippen LogP) is 1.99. The first kappa shape index (κ1) is 21.9. The third kappa shape index (κ3) is 5.61. The van der Waals surface area contributed by atoms with Crippen LogP contribution in [-0.4, -0.2) is 52.3 Å².